The summed E-state index contributed by atoms with van der Waals surface area (Å²) in [6, 6.07) is 7.54. The smallest absolute Gasteiger partial charge is 0.270 e. The minimum Gasteiger partial charge on any atom is -0.507 e. The number of nitro groups is 2. The van der Waals surface area contributed by atoms with Gasteiger partial charge in [0.2, 0.25) is 6.23 Å². The molecule has 9 heteroatoms. The van der Waals surface area contributed by atoms with Crippen LogP contribution in [0.1, 0.15) is 17.4 Å². The molecule has 1 heterocycles. The van der Waals surface area contributed by atoms with E-state index < -0.39 is 16.1 Å². The number of hydrogen-bond donors (Lipinski definition) is 1. The Bertz CT molecular complexity index is 848. The van der Waals surface area contributed by atoms with Crippen LogP contribution in [-0.2, 0) is 0 Å². The van der Waals surface area contributed by atoms with Gasteiger partial charge in [0.1, 0.15) is 11.5 Å². The average molecular weight is 315 g/mol. The molecular formula is C14H9N3O6. The van der Waals surface area contributed by atoms with Gasteiger partial charge in [-0.3, -0.25) is 20.2 Å². The van der Waals surface area contributed by atoms with Crippen LogP contribution in [0.25, 0.3) is 0 Å². The van der Waals surface area contributed by atoms with E-state index in [0.717, 1.165) is 0 Å². The molecule has 23 heavy (non-hydrogen) atoms. The van der Waals surface area contributed by atoms with Crippen LogP contribution in [0.15, 0.2) is 41.4 Å². The Morgan fingerprint density at radius 1 is 1.04 bits per heavy atom. The zero-order valence-corrected chi connectivity index (χ0v) is 11.4. The van der Waals surface area contributed by atoms with E-state index >= 15 is 0 Å². The summed E-state index contributed by atoms with van der Waals surface area (Å²) in [5.74, 6) is 0.143. The Labute approximate surface area is 128 Å². The van der Waals surface area contributed by atoms with Gasteiger partial charge >= 0.3 is 0 Å². The van der Waals surface area contributed by atoms with E-state index in [1.165, 1.54) is 42.6 Å². The topological polar surface area (TPSA) is 128 Å². The Morgan fingerprint density at radius 3 is 2.39 bits per heavy atom. The molecule has 1 N–H and O–H groups in total. The molecule has 0 aliphatic carbocycles. The molecule has 1 atom stereocenters. The summed E-state index contributed by atoms with van der Waals surface area (Å²) in [5.41, 5.74) is 0.251. The van der Waals surface area contributed by atoms with Gasteiger partial charge < -0.3 is 9.84 Å². The molecule has 0 aromatic heterocycles. The van der Waals surface area contributed by atoms with Crippen molar-refractivity contribution in [3.8, 4) is 11.5 Å². The van der Waals surface area contributed by atoms with Crippen LogP contribution in [0.4, 0.5) is 11.4 Å². The predicted molar refractivity (Wildman–Crippen MR) is 78.8 cm³/mol. The fraction of sp³-hybridized carbons (Fsp3) is 0.0714. The summed E-state index contributed by atoms with van der Waals surface area (Å²) in [7, 11) is 0. The van der Waals surface area contributed by atoms with Crippen molar-refractivity contribution in [3.63, 3.8) is 0 Å². The number of nitrogens with zero attached hydrogens (tertiary/aromatic N) is 3. The van der Waals surface area contributed by atoms with E-state index in [9.17, 15) is 25.3 Å². The minimum atomic E-state index is -0.969. The van der Waals surface area contributed by atoms with E-state index in [-0.39, 0.29) is 22.7 Å². The lowest BCUT2D eigenvalue weighted by Crippen LogP contribution is -2.12. The first kappa shape index (κ1) is 14.4. The number of ether oxygens (including phenoxy) is 1. The van der Waals surface area contributed by atoms with Crippen LogP contribution >= 0.6 is 0 Å². The van der Waals surface area contributed by atoms with Crippen LogP contribution in [-0.4, -0.2) is 21.2 Å². The first-order chi connectivity index (χ1) is 11.0. The summed E-state index contributed by atoms with van der Waals surface area (Å²) in [5, 5.41) is 31.4. The molecule has 3 rings (SSSR count). The normalized spacial score (nSPS) is 15.6. The SMILES string of the molecule is O=[N+]([O-])c1ccc2c(c1)C=NC(c1cc([N+](=O)[O-])ccc1O)O2. The molecule has 1 aliphatic rings. The number of aromatic hydroxyl groups is 1. The van der Waals surface area contributed by atoms with Crippen LogP contribution in [0.2, 0.25) is 0 Å². The highest BCUT2D eigenvalue weighted by atomic mass is 16.6. The van der Waals surface area contributed by atoms with E-state index in [1.807, 2.05) is 0 Å². The number of nitro benzene ring substituents is 2. The molecule has 0 spiro atoms. The third-order valence-electron chi connectivity index (χ3n) is 3.28. The lowest BCUT2D eigenvalue weighted by Gasteiger charge is -2.21. The fourth-order valence-electron chi connectivity index (χ4n) is 2.15. The van der Waals surface area contributed by atoms with Gasteiger partial charge in [0, 0.05) is 36.0 Å². The van der Waals surface area contributed by atoms with E-state index in [0.29, 0.717) is 11.3 Å². The highest BCUT2D eigenvalue weighted by Gasteiger charge is 2.24. The molecular weight excluding hydrogens is 306 g/mol. The summed E-state index contributed by atoms with van der Waals surface area (Å²) < 4.78 is 5.57. The maximum absolute atomic E-state index is 10.8. The molecule has 0 fully saturated rings. The van der Waals surface area contributed by atoms with Gasteiger partial charge in [0.25, 0.3) is 11.4 Å². The maximum atomic E-state index is 10.8. The van der Waals surface area contributed by atoms with Crippen molar-refractivity contribution < 1.29 is 19.7 Å². The molecule has 2 aromatic rings. The second-order valence-corrected chi connectivity index (χ2v) is 4.73. The van der Waals surface area contributed by atoms with Gasteiger partial charge in [-0.15, -0.1) is 0 Å². The molecule has 0 radical (unpaired) electrons. The summed E-state index contributed by atoms with van der Waals surface area (Å²) >= 11 is 0. The third kappa shape index (κ3) is 2.67. The molecule has 116 valence electrons. The fourth-order valence-corrected chi connectivity index (χ4v) is 2.15. The van der Waals surface area contributed by atoms with Crippen molar-refractivity contribution in [1.82, 2.24) is 0 Å². The zero-order valence-electron chi connectivity index (χ0n) is 11.4. The van der Waals surface area contributed by atoms with Gasteiger partial charge in [-0.05, 0) is 12.1 Å². The lowest BCUT2D eigenvalue weighted by molar-refractivity contribution is -0.385. The Kier molecular flexibility index (Phi) is 3.37. The molecule has 1 unspecified atom stereocenters. The highest BCUT2D eigenvalue weighted by Crippen LogP contribution is 2.36. The van der Waals surface area contributed by atoms with Crippen molar-refractivity contribution in [2.45, 2.75) is 6.23 Å². The zero-order chi connectivity index (χ0) is 16.6. The summed E-state index contributed by atoms with van der Waals surface area (Å²) in [6.07, 6.45) is 0.401. The molecule has 0 saturated carbocycles. The number of non-ortho nitro benzene ring substituents is 2. The molecule has 0 amide bonds. The maximum Gasteiger partial charge on any atom is 0.270 e. The van der Waals surface area contributed by atoms with E-state index in [4.69, 9.17) is 4.74 Å². The van der Waals surface area contributed by atoms with Crippen LogP contribution in [0.5, 0.6) is 11.5 Å². The number of hydrogen-bond acceptors (Lipinski definition) is 7. The lowest BCUT2D eigenvalue weighted by atomic mass is 10.1. The highest BCUT2D eigenvalue weighted by molar-refractivity contribution is 5.85. The quantitative estimate of drug-likeness (QED) is 0.685. The van der Waals surface area contributed by atoms with Gasteiger partial charge in [-0.25, -0.2) is 4.99 Å². The van der Waals surface area contributed by atoms with Crippen LogP contribution in [0, 0.1) is 20.2 Å². The summed E-state index contributed by atoms with van der Waals surface area (Å²) in [4.78, 5) is 24.5. The third-order valence-corrected chi connectivity index (χ3v) is 3.28. The Balaban J connectivity index is 1.96. The van der Waals surface area contributed by atoms with Crippen molar-refractivity contribution >= 4 is 17.6 Å². The number of phenols is 1. The van der Waals surface area contributed by atoms with Gasteiger partial charge in [-0.2, -0.15) is 0 Å². The minimum absolute atomic E-state index is 0.101. The Morgan fingerprint density at radius 2 is 1.70 bits per heavy atom. The number of rotatable bonds is 3. The average Bonchev–Trinajstić information content (AvgIpc) is 2.54. The Hall–Kier alpha value is -3.49. The largest absolute Gasteiger partial charge is 0.507 e. The molecule has 1 aliphatic heterocycles. The first-order valence-electron chi connectivity index (χ1n) is 6.41. The van der Waals surface area contributed by atoms with Gasteiger partial charge in [-0.1, -0.05) is 0 Å². The molecule has 9 nitrogen and oxygen atoms in total. The molecule has 0 saturated heterocycles. The number of fused-ring (bicyclic) bond motifs is 1. The monoisotopic (exact) mass is 315 g/mol. The second-order valence-electron chi connectivity index (χ2n) is 4.73. The van der Waals surface area contributed by atoms with Crippen molar-refractivity contribution in [3.05, 3.63) is 67.8 Å². The van der Waals surface area contributed by atoms with Gasteiger partial charge in [0.05, 0.1) is 15.4 Å². The van der Waals surface area contributed by atoms with Gasteiger partial charge in [0.15, 0.2) is 0 Å². The van der Waals surface area contributed by atoms with Crippen molar-refractivity contribution in [2.24, 2.45) is 4.99 Å². The number of benzene rings is 2. The molecule has 0 bridgehead atoms. The molecule has 2 aromatic carbocycles. The van der Waals surface area contributed by atoms with Crippen LogP contribution < -0.4 is 4.74 Å². The van der Waals surface area contributed by atoms with E-state index in [2.05, 4.69) is 4.99 Å². The first-order valence-corrected chi connectivity index (χ1v) is 6.41. The second kappa shape index (κ2) is 5.37. The predicted octanol–water partition coefficient (Wildman–Crippen LogP) is 2.72. The number of aliphatic imine (C=N–C) groups is 1. The van der Waals surface area contributed by atoms with Crippen molar-refractivity contribution in [1.29, 1.82) is 0 Å². The summed E-state index contributed by atoms with van der Waals surface area (Å²) in [6.45, 7) is 0. The standard InChI is InChI=1S/C14H9N3O6/c18-12-3-1-10(17(21)22)6-11(12)14-15-7-8-5-9(16(19)20)2-4-13(8)23-14/h1-7,14,18H. The van der Waals surface area contributed by atoms with E-state index in [1.54, 1.807) is 0 Å². The number of phenolic OH excluding ortho intramolecular Hbond substituents is 1. The van der Waals surface area contributed by atoms with Crippen molar-refractivity contribution in [2.75, 3.05) is 0 Å². The van der Waals surface area contributed by atoms with Crippen LogP contribution in [0.3, 0.4) is 0 Å².